The summed E-state index contributed by atoms with van der Waals surface area (Å²) in [5.74, 6) is 0. The summed E-state index contributed by atoms with van der Waals surface area (Å²) in [6.07, 6.45) is 3.46. The van der Waals surface area contributed by atoms with E-state index in [9.17, 15) is 5.25 Å². The van der Waals surface area contributed by atoms with Crippen LogP contribution in [0.15, 0.2) is 22.8 Å². The van der Waals surface area contributed by atoms with Gasteiger partial charge in [-0.15, -0.1) is 0 Å². The molecule has 0 bridgehead atoms. The Balaban J connectivity index is 0.000000292. The first kappa shape index (κ1) is 11.2. The molecule has 1 aliphatic carbocycles. The minimum atomic E-state index is -2.77. The molecule has 0 radical (unpaired) electrons. The Bertz CT molecular complexity index is 183. The Morgan fingerprint density at radius 1 is 1.27 bits per heavy atom. The van der Waals surface area contributed by atoms with E-state index in [1.165, 1.54) is 23.1 Å². The van der Waals surface area contributed by atoms with Gasteiger partial charge in [0.2, 0.25) is 0 Å². The van der Waals surface area contributed by atoms with E-state index in [0.717, 1.165) is 0 Å². The zero-order valence-electron chi connectivity index (χ0n) is 7.04. The molecule has 11 heavy (non-hydrogen) atoms. The van der Waals surface area contributed by atoms with Gasteiger partial charge in [0.15, 0.2) is 0 Å². The summed E-state index contributed by atoms with van der Waals surface area (Å²) in [6, 6.07) is 0. The second kappa shape index (κ2) is 5.82. The molecule has 0 N–H and O–H groups in total. The van der Waals surface area contributed by atoms with E-state index in [1.807, 2.05) is 0 Å². The van der Waals surface area contributed by atoms with Crippen LogP contribution in [0.5, 0.6) is 0 Å². The average Bonchev–Trinajstić information content (AvgIpc) is 2.12. The third-order valence-corrected chi connectivity index (χ3v) is 1.68. The monoisotopic (exact) mass is 236 g/mol. The van der Waals surface area contributed by atoms with Crippen LogP contribution in [0.3, 0.4) is 0 Å². The summed E-state index contributed by atoms with van der Waals surface area (Å²) >= 11 is -2.77. The van der Waals surface area contributed by atoms with Gasteiger partial charge in [-0.1, -0.05) is 22.8 Å². The van der Waals surface area contributed by atoms with E-state index in [0.29, 0.717) is 0 Å². The molecule has 0 unspecified atom stereocenters. The summed E-state index contributed by atoms with van der Waals surface area (Å²) in [5, 5.41) is 0. The molecule has 1 rings (SSSR count). The molecule has 0 aromatic rings. The molecule has 0 amide bonds. The number of hydrogen-bond acceptors (Lipinski definition) is 0. The summed E-state index contributed by atoms with van der Waals surface area (Å²) in [6.45, 7) is 6.55. The van der Waals surface area contributed by atoms with Crippen LogP contribution in [-0.4, -0.2) is 0 Å². The van der Waals surface area contributed by atoms with E-state index < -0.39 is 24.5 Å². The molecule has 0 nitrogen and oxygen atoms in total. The van der Waals surface area contributed by atoms with Gasteiger partial charge in [-0.3, -0.25) is 0 Å². The van der Waals surface area contributed by atoms with Gasteiger partial charge in [0.05, 0.1) is 0 Å². The van der Waals surface area contributed by atoms with Gasteiger partial charge in [-0.05, 0) is 27.2 Å². The van der Waals surface area contributed by atoms with Crippen molar-refractivity contribution in [3.8, 4) is 0 Å². The summed E-state index contributed by atoms with van der Waals surface area (Å²) in [7, 11) is 0. The Morgan fingerprint density at radius 3 is 1.82 bits per heavy atom. The van der Waals surface area contributed by atoms with E-state index in [1.54, 1.807) is 0 Å². The fourth-order valence-corrected chi connectivity index (χ4v) is 1.10. The van der Waals surface area contributed by atoms with E-state index in [2.05, 4.69) is 26.8 Å². The van der Waals surface area contributed by atoms with Crippen LogP contribution in [0.4, 0.5) is 5.25 Å². The van der Waals surface area contributed by atoms with Crippen molar-refractivity contribution in [2.45, 2.75) is 27.2 Å². The standard InChI is InChI=1S/C8H12.2FH.Zr/c1-6-4-7(2)8(3)5-6;;;/h4H,5H2,1-3H3;2*1H;/q;;;+2/p-2. The van der Waals surface area contributed by atoms with Crippen LogP contribution in [0.1, 0.15) is 27.2 Å². The van der Waals surface area contributed by atoms with Gasteiger partial charge in [-0.2, -0.15) is 0 Å². The second-order valence-corrected chi connectivity index (χ2v) is 3.05. The Morgan fingerprint density at radius 2 is 1.73 bits per heavy atom. The Labute approximate surface area is 79.7 Å². The van der Waals surface area contributed by atoms with Crippen LogP contribution in [0.2, 0.25) is 0 Å². The minimum absolute atomic E-state index is 1.20. The number of rotatable bonds is 0. The molecular weight excluding hydrogens is 225 g/mol. The van der Waals surface area contributed by atoms with Crippen molar-refractivity contribution in [3.05, 3.63) is 22.8 Å². The molecule has 0 aromatic heterocycles. The quantitative estimate of drug-likeness (QED) is 0.605. The fourth-order valence-electron chi connectivity index (χ4n) is 1.10. The molecule has 0 saturated carbocycles. The fraction of sp³-hybridized carbons (Fsp3) is 0.500. The first-order valence-corrected chi connectivity index (χ1v) is 5.27. The summed E-state index contributed by atoms with van der Waals surface area (Å²) in [5.41, 5.74) is 4.49. The summed E-state index contributed by atoms with van der Waals surface area (Å²) in [4.78, 5) is 0. The van der Waals surface area contributed by atoms with Crippen LogP contribution < -0.4 is 0 Å². The third kappa shape index (κ3) is 4.63. The van der Waals surface area contributed by atoms with Gasteiger partial charge in [0, 0.05) is 0 Å². The van der Waals surface area contributed by atoms with Crippen molar-refractivity contribution in [2.24, 2.45) is 0 Å². The van der Waals surface area contributed by atoms with Crippen molar-refractivity contribution in [1.29, 1.82) is 0 Å². The van der Waals surface area contributed by atoms with Crippen molar-refractivity contribution in [3.63, 3.8) is 0 Å². The predicted octanol–water partition coefficient (Wildman–Crippen LogP) is 3.51. The van der Waals surface area contributed by atoms with Crippen molar-refractivity contribution < 1.29 is 29.7 Å². The SMILES string of the molecule is CC1=CC(C)=C(C)C1.[F][Zr][F]. The predicted molar refractivity (Wildman–Crippen MR) is 39.0 cm³/mol. The van der Waals surface area contributed by atoms with Crippen molar-refractivity contribution >= 4 is 0 Å². The van der Waals surface area contributed by atoms with Crippen molar-refractivity contribution in [1.82, 2.24) is 0 Å². The van der Waals surface area contributed by atoms with Crippen molar-refractivity contribution in [2.75, 3.05) is 0 Å². The number of halogens is 2. The average molecular weight is 237 g/mol. The number of hydrogen-bond donors (Lipinski definition) is 0. The van der Waals surface area contributed by atoms with Gasteiger partial charge in [0.1, 0.15) is 0 Å². The van der Waals surface area contributed by atoms with E-state index in [-0.39, 0.29) is 0 Å². The maximum atomic E-state index is 9.80. The molecule has 0 spiro atoms. The maximum absolute atomic E-state index is 9.80. The van der Waals surface area contributed by atoms with Gasteiger partial charge < -0.3 is 0 Å². The van der Waals surface area contributed by atoms with Crippen LogP contribution in [0, 0.1) is 0 Å². The van der Waals surface area contributed by atoms with Crippen LogP contribution in [-0.2, 0) is 24.5 Å². The van der Waals surface area contributed by atoms with Crippen LogP contribution in [0.25, 0.3) is 0 Å². The normalized spacial score (nSPS) is 15.5. The molecule has 0 heterocycles. The molecule has 0 aromatic carbocycles. The molecule has 0 fully saturated rings. The second-order valence-electron chi connectivity index (χ2n) is 2.70. The van der Waals surface area contributed by atoms with E-state index in [4.69, 9.17) is 0 Å². The van der Waals surface area contributed by atoms with Crippen LogP contribution >= 0.6 is 0 Å². The molecule has 0 atom stereocenters. The molecule has 0 saturated heterocycles. The molecule has 1 aliphatic rings. The third-order valence-electron chi connectivity index (χ3n) is 1.68. The molecule has 62 valence electrons. The molecule has 0 aliphatic heterocycles. The zero-order chi connectivity index (χ0) is 8.85. The summed E-state index contributed by atoms with van der Waals surface area (Å²) < 4.78 is 19.6. The van der Waals surface area contributed by atoms with E-state index >= 15 is 0 Å². The first-order valence-electron chi connectivity index (χ1n) is 3.41. The Kier molecular flexibility index (Phi) is 5.94. The Hall–Kier alpha value is 0.223. The first-order chi connectivity index (χ1) is 5.11. The number of allylic oxidation sites excluding steroid dienone is 4. The van der Waals surface area contributed by atoms with Gasteiger partial charge >= 0.3 is 29.7 Å². The zero-order valence-corrected chi connectivity index (χ0v) is 9.50. The molecular formula is C8H12F2Zr. The van der Waals surface area contributed by atoms with Gasteiger partial charge in [-0.25, -0.2) is 0 Å². The molecule has 3 heteroatoms. The van der Waals surface area contributed by atoms with Gasteiger partial charge in [0.25, 0.3) is 0 Å². The topological polar surface area (TPSA) is 0 Å².